The maximum Gasteiger partial charge on any atom is 0.325 e. The Morgan fingerprint density at radius 1 is 1.07 bits per heavy atom. The fourth-order valence-electron chi connectivity index (χ4n) is 2.62. The van der Waals surface area contributed by atoms with Gasteiger partial charge in [-0.15, -0.1) is 5.10 Å². The SMILES string of the molecule is Cc1ccc(NC(=O)NC(=O)CSc2nnnn2-c2ccccc2C)c(C)c1. The number of tetrazole rings is 1. The summed E-state index contributed by atoms with van der Waals surface area (Å²) in [6.07, 6.45) is 0. The molecule has 1 heterocycles. The van der Waals surface area contributed by atoms with Crippen LogP contribution in [0.5, 0.6) is 0 Å². The van der Waals surface area contributed by atoms with Crippen LogP contribution < -0.4 is 10.6 Å². The lowest BCUT2D eigenvalue weighted by Gasteiger charge is -2.10. The number of hydrogen-bond donors (Lipinski definition) is 2. The Labute approximate surface area is 166 Å². The summed E-state index contributed by atoms with van der Waals surface area (Å²) in [5.41, 5.74) is 4.53. The molecule has 0 radical (unpaired) electrons. The van der Waals surface area contributed by atoms with E-state index in [1.807, 2.05) is 57.2 Å². The van der Waals surface area contributed by atoms with Crippen LogP contribution in [0.25, 0.3) is 5.69 Å². The van der Waals surface area contributed by atoms with Crippen LogP contribution in [0.1, 0.15) is 16.7 Å². The molecule has 3 aromatic rings. The normalized spacial score (nSPS) is 10.5. The minimum atomic E-state index is -0.573. The van der Waals surface area contributed by atoms with Crippen LogP contribution in [0.2, 0.25) is 0 Å². The minimum absolute atomic E-state index is 0.00650. The molecular weight excluding hydrogens is 376 g/mol. The van der Waals surface area contributed by atoms with Gasteiger partial charge in [0, 0.05) is 5.69 Å². The number of anilines is 1. The highest BCUT2D eigenvalue weighted by Gasteiger charge is 2.14. The van der Waals surface area contributed by atoms with Crippen LogP contribution >= 0.6 is 11.8 Å². The smallest absolute Gasteiger partial charge is 0.307 e. The van der Waals surface area contributed by atoms with Gasteiger partial charge < -0.3 is 5.32 Å². The van der Waals surface area contributed by atoms with Gasteiger partial charge in [-0.25, -0.2) is 4.79 Å². The average molecular weight is 396 g/mol. The van der Waals surface area contributed by atoms with Gasteiger partial charge in [0.05, 0.1) is 11.4 Å². The molecule has 0 saturated carbocycles. The number of amides is 3. The summed E-state index contributed by atoms with van der Waals surface area (Å²) in [6.45, 7) is 5.82. The number of imide groups is 1. The molecule has 144 valence electrons. The van der Waals surface area contributed by atoms with E-state index in [0.717, 1.165) is 34.1 Å². The highest BCUT2D eigenvalue weighted by molar-refractivity contribution is 7.99. The molecule has 0 aliphatic rings. The van der Waals surface area contributed by atoms with Crippen molar-refractivity contribution in [2.24, 2.45) is 0 Å². The Balaban J connectivity index is 1.57. The molecule has 28 heavy (non-hydrogen) atoms. The van der Waals surface area contributed by atoms with Gasteiger partial charge >= 0.3 is 6.03 Å². The molecule has 0 fully saturated rings. The summed E-state index contributed by atoms with van der Waals surface area (Å²) >= 11 is 1.15. The van der Waals surface area contributed by atoms with Crippen molar-refractivity contribution < 1.29 is 9.59 Å². The molecule has 2 N–H and O–H groups in total. The molecule has 1 aromatic heterocycles. The number of benzene rings is 2. The van der Waals surface area contributed by atoms with E-state index >= 15 is 0 Å². The van der Waals surface area contributed by atoms with Crippen molar-refractivity contribution in [1.29, 1.82) is 0 Å². The van der Waals surface area contributed by atoms with Crippen LogP contribution in [-0.2, 0) is 4.79 Å². The van der Waals surface area contributed by atoms with E-state index in [2.05, 4.69) is 26.2 Å². The van der Waals surface area contributed by atoms with Crippen molar-refractivity contribution in [3.8, 4) is 5.69 Å². The van der Waals surface area contributed by atoms with Gasteiger partial charge in [0.1, 0.15) is 0 Å². The first-order valence-electron chi connectivity index (χ1n) is 8.59. The zero-order valence-corrected chi connectivity index (χ0v) is 16.6. The van der Waals surface area contributed by atoms with Crippen molar-refractivity contribution >= 4 is 29.4 Å². The largest absolute Gasteiger partial charge is 0.325 e. The first-order valence-corrected chi connectivity index (χ1v) is 9.58. The summed E-state index contributed by atoms with van der Waals surface area (Å²) in [5, 5.41) is 17.1. The second kappa shape index (κ2) is 8.66. The third-order valence-corrected chi connectivity index (χ3v) is 4.92. The molecule has 3 rings (SSSR count). The molecule has 8 nitrogen and oxygen atoms in total. The van der Waals surface area contributed by atoms with Gasteiger partial charge in [-0.05, 0) is 54.5 Å². The number of para-hydroxylation sites is 1. The van der Waals surface area contributed by atoms with E-state index in [1.54, 1.807) is 10.7 Å². The van der Waals surface area contributed by atoms with Gasteiger partial charge in [-0.1, -0.05) is 47.7 Å². The Morgan fingerprint density at radius 2 is 1.86 bits per heavy atom. The third kappa shape index (κ3) is 4.74. The number of carbonyl (C=O) groups is 2. The second-order valence-electron chi connectivity index (χ2n) is 6.27. The Hall–Kier alpha value is -3.20. The lowest BCUT2D eigenvalue weighted by atomic mass is 10.1. The fourth-order valence-corrected chi connectivity index (χ4v) is 3.31. The summed E-state index contributed by atoms with van der Waals surface area (Å²) in [4.78, 5) is 24.2. The first-order chi connectivity index (χ1) is 13.4. The topological polar surface area (TPSA) is 102 Å². The molecule has 9 heteroatoms. The summed E-state index contributed by atoms with van der Waals surface area (Å²) in [7, 11) is 0. The van der Waals surface area contributed by atoms with Crippen LogP contribution in [0.15, 0.2) is 47.6 Å². The van der Waals surface area contributed by atoms with Crippen LogP contribution in [0.4, 0.5) is 10.5 Å². The van der Waals surface area contributed by atoms with Crippen molar-refractivity contribution in [1.82, 2.24) is 25.5 Å². The molecule has 3 amide bonds. The zero-order valence-electron chi connectivity index (χ0n) is 15.8. The molecule has 0 aliphatic carbocycles. The fraction of sp³-hybridized carbons (Fsp3) is 0.211. The minimum Gasteiger partial charge on any atom is -0.307 e. The second-order valence-corrected chi connectivity index (χ2v) is 7.21. The monoisotopic (exact) mass is 396 g/mol. The number of aromatic nitrogens is 4. The van der Waals surface area contributed by atoms with Crippen LogP contribution in [-0.4, -0.2) is 37.9 Å². The summed E-state index contributed by atoms with van der Waals surface area (Å²) < 4.78 is 1.57. The zero-order chi connectivity index (χ0) is 20.1. The maximum atomic E-state index is 12.1. The van der Waals surface area contributed by atoms with Crippen LogP contribution in [0, 0.1) is 20.8 Å². The van der Waals surface area contributed by atoms with Crippen molar-refractivity contribution in [2.45, 2.75) is 25.9 Å². The van der Waals surface area contributed by atoms with Crippen molar-refractivity contribution in [2.75, 3.05) is 11.1 Å². The maximum absolute atomic E-state index is 12.1. The van der Waals surface area contributed by atoms with E-state index < -0.39 is 11.9 Å². The molecule has 2 aromatic carbocycles. The van der Waals surface area contributed by atoms with Crippen molar-refractivity contribution in [3.05, 3.63) is 59.2 Å². The number of nitrogens with one attached hydrogen (secondary N) is 2. The number of rotatable bonds is 5. The van der Waals surface area contributed by atoms with Gasteiger partial charge in [-0.2, -0.15) is 4.68 Å². The third-order valence-electron chi connectivity index (χ3n) is 4.00. The quantitative estimate of drug-likeness (QED) is 0.643. The Bertz CT molecular complexity index is 1020. The Kier molecular flexibility index (Phi) is 6.05. The number of thioether (sulfide) groups is 1. The number of aryl methyl sites for hydroxylation is 3. The first kappa shape index (κ1) is 19.6. The molecule has 0 atom stereocenters. The number of carbonyl (C=O) groups excluding carboxylic acids is 2. The highest BCUT2D eigenvalue weighted by atomic mass is 32.2. The summed E-state index contributed by atoms with van der Waals surface area (Å²) in [5.74, 6) is -0.432. The van der Waals surface area contributed by atoms with Gasteiger partial charge in [0.25, 0.3) is 0 Å². The van der Waals surface area contributed by atoms with E-state index in [9.17, 15) is 9.59 Å². The van der Waals surface area contributed by atoms with Gasteiger partial charge in [0.2, 0.25) is 11.1 Å². The van der Waals surface area contributed by atoms with E-state index in [4.69, 9.17) is 0 Å². The molecule has 0 spiro atoms. The number of nitrogens with zero attached hydrogens (tertiary/aromatic N) is 4. The number of urea groups is 1. The van der Waals surface area contributed by atoms with E-state index in [0.29, 0.717) is 10.8 Å². The average Bonchev–Trinajstić information content (AvgIpc) is 3.11. The molecule has 0 bridgehead atoms. The predicted molar refractivity (Wildman–Crippen MR) is 108 cm³/mol. The number of hydrogen-bond acceptors (Lipinski definition) is 6. The predicted octanol–water partition coefficient (Wildman–Crippen LogP) is 3.03. The lowest BCUT2D eigenvalue weighted by molar-refractivity contribution is -0.117. The Morgan fingerprint density at radius 3 is 2.61 bits per heavy atom. The lowest BCUT2D eigenvalue weighted by Crippen LogP contribution is -2.35. The molecule has 0 unspecified atom stereocenters. The van der Waals surface area contributed by atoms with E-state index in [-0.39, 0.29) is 5.75 Å². The molecule has 0 saturated heterocycles. The van der Waals surface area contributed by atoms with E-state index in [1.165, 1.54) is 0 Å². The summed E-state index contributed by atoms with van der Waals surface area (Å²) in [6, 6.07) is 12.8. The van der Waals surface area contributed by atoms with Gasteiger partial charge in [0.15, 0.2) is 0 Å². The molecule has 0 aliphatic heterocycles. The van der Waals surface area contributed by atoms with Crippen molar-refractivity contribution in [3.63, 3.8) is 0 Å². The highest BCUT2D eigenvalue weighted by Crippen LogP contribution is 2.20. The standard InChI is InChI=1S/C19H20N6O2S/c1-12-8-9-15(14(3)10-12)20-18(27)21-17(26)11-28-19-22-23-24-25(19)16-7-5-4-6-13(16)2/h4-10H,11H2,1-3H3,(H2,20,21,26,27). The van der Waals surface area contributed by atoms with Crippen LogP contribution in [0.3, 0.4) is 0 Å². The van der Waals surface area contributed by atoms with Gasteiger partial charge in [-0.3, -0.25) is 10.1 Å². The molecular formula is C19H20N6O2S.